The first kappa shape index (κ1) is 19.4. The fourth-order valence-electron chi connectivity index (χ4n) is 3.50. The number of carbonyl (C=O) groups is 2. The largest absolute Gasteiger partial charge is 0.359 e. The van der Waals surface area contributed by atoms with Gasteiger partial charge in [0.25, 0.3) is 5.91 Å². The minimum absolute atomic E-state index is 0.0801. The molecule has 8 heteroatoms. The Labute approximate surface area is 172 Å². The predicted octanol–water partition coefficient (Wildman–Crippen LogP) is 4.07. The second kappa shape index (κ2) is 8.59. The van der Waals surface area contributed by atoms with Crippen molar-refractivity contribution in [1.82, 2.24) is 10.1 Å². The van der Waals surface area contributed by atoms with Gasteiger partial charge in [-0.05, 0) is 62.0 Å². The van der Waals surface area contributed by atoms with Crippen molar-refractivity contribution in [1.29, 1.82) is 0 Å². The lowest BCUT2D eigenvalue weighted by Gasteiger charge is -2.21. The van der Waals surface area contributed by atoms with E-state index in [0.29, 0.717) is 22.8 Å². The summed E-state index contributed by atoms with van der Waals surface area (Å²) in [5.41, 5.74) is 2.22. The third-order valence-electron chi connectivity index (χ3n) is 4.86. The van der Waals surface area contributed by atoms with Crippen LogP contribution in [0.1, 0.15) is 40.0 Å². The maximum absolute atomic E-state index is 12.5. The van der Waals surface area contributed by atoms with Crippen molar-refractivity contribution in [2.45, 2.75) is 25.8 Å². The van der Waals surface area contributed by atoms with Crippen LogP contribution < -0.4 is 10.6 Å². The lowest BCUT2D eigenvalue weighted by molar-refractivity contribution is -0.117. The van der Waals surface area contributed by atoms with E-state index in [0.717, 1.165) is 30.8 Å². The van der Waals surface area contributed by atoms with Gasteiger partial charge in [-0.25, -0.2) is 0 Å². The van der Waals surface area contributed by atoms with Crippen LogP contribution in [0.3, 0.4) is 0 Å². The van der Waals surface area contributed by atoms with Gasteiger partial charge in [-0.2, -0.15) is 0 Å². The third-order valence-corrected chi connectivity index (χ3v) is 5.73. The van der Waals surface area contributed by atoms with Crippen LogP contribution in [0, 0.1) is 6.92 Å². The molecule has 1 aromatic carbocycles. The van der Waals surface area contributed by atoms with Gasteiger partial charge in [0, 0.05) is 17.4 Å². The van der Waals surface area contributed by atoms with Gasteiger partial charge in [0.15, 0.2) is 5.76 Å². The molecule has 1 unspecified atom stereocenters. The van der Waals surface area contributed by atoms with Gasteiger partial charge in [0.05, 0.1) is 23.2 Å². The van der Waals surface area contributed by atoms with Crippen molar-refractivity contribution in [3.05, 3.63) is 64.2 Å². The van der Waals surface area contributed by atoms with Crippen LogP contribution in [0.15, 0.2) is 52.4 Å². The van der Waals surface area contributed by atoms with Gasteiger partial charge in [-0.3, -0.25) is 14.5 Å². The second-order valence-corrected chi connectivity index (χ2v) is 8.00. The highest BCUT2D eigenvalue weighted by Gasteiger charge is 2.30. The number of rotatable bonds is 6. The number of thiophene rings is 1. The van der Waals surface area contributed by atoms with E-state index in [1.54, 1.807) is 30.3 Å². The minimum Gasteiger partial charge on any atom is -0.359 e. The number of likely N-dealkylation sites (tertiary alicyclic amines) is 1. The average molecular weight is 410 g/mol. The lowest BCUT2D eigenvalue weighted by Crippen LogP contribution is -2.32. The Morgan fingerprint density at radius 3 is 2.62 bits per heavy atom. The third kappa shape index (κ3) is 4.72. The van der Waals surface area contributed by atoms with Crippen LogP contribution in [0.25, 0.3) is 0 Å². The van der Waals surface area contributed by atoms with Crippen molar-refractivity contribution < 1.29 is 14.1 Å². The Morgan fingerprint density at radius 2 is 1.97 bits per heavy atom. The highest BCUT2D eigenvalue weighted by Crippen LogP contribution is 2.31. The van der Waals surface area contributed by atoms with Crippen molar-refractivity contribution >= 4 is 34.5 Å². The van der Waals surface area contributed by atoms with Crippen LogP contribution in [-0.4, -0.2) is 35.0 Å². The maximum Gasteiger partial charge on any atom is 0.265 e. The van der Waals surface area contributed by atoms with E-state index in [2.05, 4.69) is 20.7 Å². The number of hydrogen-bond donors (Lipinski definition) is 2. The zero-order valence-corrected chi connectivity index (χ0v) is 16.9. The van der Waals surface area contributed by atoms with Gasteiger partial charge in [0.1, 0.15) is 0 Å². The van der Waals surface area contributed by atoms with Crippen LogP contribution in [0.5, 0.6) is 0 Å². The number of aryl methyl sites for hydroxylation is 1. The van der Waals surface area contributed by atoms with Crippen molar-refractivity contribution in [3.63, 3.8) is 0 Å². The Balaban J connectivity index is 1.32. The average Bonchev–Trinajstić information content (AvgIpc) is 3.45. The molecule has 150 valence electrons. The molecule has 1 aliphatic rings. The van der Waals surface area contributed by atoms with Gasteiger partial charge in [-0.15, -0.1) is 11.3 Å². The smallest absolute Gasteiger partial charge is 0.265 e. The molecular weight excluding hydrogens is 388 g/mol. The van der Waals surface area contributed by atoms with E-state index in [-0.39, 0.29) is 17.9 Å². The molecular formula is C21H22N4O3S. The Hall–Kier alpha value is -2.97. The highest BCUT2D eigenvalue weighted by atomic mass is 32.1. The van der Waals surface area contributed by atoms with Crippen LogP contribution >= 0.6 is 11.3 Å². The van der Waals surface area contributed by atoms with Crippen LogP contribution in [0.2, 0.25) is 0 Å². The molecule has 29 heavy (non-hydrogen) atoms. The normalized spacial score (nSPS) is 16.7. The SMILES string of the molecule is Cc1cc(C2CCCN2CC(=O)Nc2ccc(NC(=O)c3cccs3)cc2)on1. The molecule has 0 radical (unpaired) electrons. The second-order valence-electron chi connectivity index (χ2n) is 7.06. The molecule has 0 bridgehead atoms. The molecule has 4 rings (SSSR count). The first-order valence-corrected chi connectivity index (χ1v) is 10.4. The lowest BCUT2D eigenvalue weighted by atomic mass is 10.1. The number of hydrogen-bond acceptors (Lipinski definition) is 6. The van der Waals surface area contributed by atoms with Gasteiger partial charge in [0.2, 0.25) is 5.91 Å². The summed E-state index contributed by atoms with van der Waals surface area (Å²) in [5, 5.41) is 11.6. The van der Waals surface area contributed by atoms with Gasteiger partial charge < -0.3 is 15.2 Å². The number of anilines is 2. The molecule has 3 heterocycles. The summed E-state index contributed by atoms with van der Waals surface area (Å²) in [4.78, 5) is 27.4. The van der Waals surface area contributed by atoms with E-state index >= 15 is 0 Å². The molecule has 1 aliphatic heterocycles. The molecule has 0 aliphatic carbocycles. The Morgan fingerprint density at radius 1 is 1.21 bits per heavy atom. The van der Waals surface area contributed by atoms with Crippen molar-refractivity contribution in [3.8, 4) is 0 Å². The summed E-state index contributed by atoms with van der Waals surface area (Å²) in [5.74, 6) is 0.599. The van der Waals surface area contributed by atoms with E-state index < -0.39 is 0 Å². The predicted molar refractivity (Wildman–Crippen MR) is 112 cm³/mol. The van der Waals surface area contributed by atoms with E-state index in [9.17, 15) is 9.59 Å². The summed E-state index contributed by atoms with van der Waals surface area (Å²) in [7, 11) is 0. The van der Waals surface area contributed by atoms with E-state index in [1.807, 2.05) is 24.4 Å². The van der Waals surface area contributed by atoms with Gasteiger partial charge >= 0.3 is 0 Å². The van der Waals surface area contributed by atoms with Crippen LogP contribution in [0.4, 0.5) is 11.4 Å². The summed E-state index contributed by atoms with van der Waals surface area (Å²) in [6.07, 6.45) is 1.98. The molecule has 7 nitrogen and oxygen atoms in total. The van der Waals surface area contributed by atoms with Gasteiger partial charge in [-0.1, -0.05) is 11.2 Å². The molecule has 3 aromatic rings. The Bertz CT molecular complexity index is 982. The fraction of sp³-hybridized carbons (Fsp3) is 0.286. The zero-order valence-electron chi connectivity index (χ0n) is 16.1. The van der Waals surface area contributed by atoms with Crippen molar-refractivity contribution in [2.24, 2.45) is 0 Å². The van der Waals surface area contributed by atoms with Crippen LogP contribution in [-0.2, 0) is 4.79 Å². The maximum atomic E-state index is 12.5. The molecule has 1 saturated heterocycles. The summed E-state index contributed by atoms with van der Waals surface area (Å²) >= 11 is 1.39. The standard InChI is InChI=1S/C21H22N4O3S/c1-14-12-18(28-24-14)17-4-2-10-25(17)13-20(26)22-15-6-8-16(9-7-15)23-21(27)19-5-3-11-29-19/h3,5-9,11-12,17H,2,4,10,13H2,1H3,(H,22,26)(H,23,27). The number of amides is 2. The number of nitrogens with one attached hydrogen (secondary N) is 2. The molecule has 2 N–H and O–H groups in total. The number of nitrogens with zero attached hydrogens (tertiary/aromatic N) is 2. The molecule has 2 amide bonds. The quantitative estimate of drug-likeness (QED) is 0.640. The number of aromatic nitrogens is 1. The van der Waals surface area contributed by atoms with Crippen molar-refractivity contribution in [2.75, 3.05) is 23.7 Å². The minimum atomic E-state index is -0.139. The summed E-state index contributed by atoms with van der Waals surface area (Å²) in [6.45, 7) is 3.04. The molecule has 1 atom stereocenters. The van der Waals surface area contributed by atoms with E-state index in [4.69, 9.17) is 4.52 Å². The number of carbonyl (C=O) groups excluding carboxylic acids is 2. The highest BCUT2D eigenvalue weighted by molar-refractivity contribution is 7.12. The summed E-state index contributed by atoms with van der Waals surface area (Å²) in [6, 6.07) is 12.8. The molecule has 2 aromatic heterocycles. The topological polar surface area (TPSA) is 87.5 Å². The monoisotopic (exact) mass is 410 g/mol. The summed E-state index contributed by atoms with van der Waals surface area (Å²) < 4.78 is 5.39. The number of benzene rings is 1. The first-order chi connectivity index (χ1) is 14.1. The fourth-order valence-corrected chi connectivity index (χ4v) is 4.12. The first-order valence-electron chi connectivity index (χ1n) is 9.50. The van der Waals surface area contributed by atoms with E-state index in [1.165, 1.54) is 11.3 Å². The molecule has 0 saturated carbocycles. The Kier molecular flexibility index (Phi) is 5.73. The molecule has 1 fully saturated rings. The molecule has 0 spiro atoms. The zero-order chi connectivity index (χ0) is 20.2.